The third-order valence-corrected chi connectivity index (χ3v) is 5.50. The van der Waals surface area contributed by atoms with E-state index in [4.69, 9.17) is 23.2 Å². The monoisotopic (exact) mass is 386 g/mol. The van der Waals surface area contributed by atoms with Gasteiger partial charge in [0.05, 0.1) is 24.9 Å². The molecule has 18 heavy (non-hydrogen) atoms. The second kappa shape index (κ2) is 5.34. The number of nitrogens with zero attached hydrogens (tertiary/aromatic N) is 1. The largest absolute Gasteiger partial charge is 0.263 e. The third kappa shape index (κ3) is 3.16. The van der Waals surface area contributed by atoms with E-state index in [0.717, 1.165) is 3.79 Å². The Balaban J connectivity index is 2.33. The molecule has 1 aromatic heterocycles. The van der Waals surface area contributed by atoms with Crippen LogP contribution in [0.2, 0.25) is 10.0 Å². The number of anilines is 1. The first kappa shape index (κ1) is 14.1. The SMILES string of the molecule is O=S(=O)(Nc1ncc(Br)s1)c1ccc(Cl)c(Cl)c1. The van der Waals surface area contributed by atoms with Crippen molar-refractivity contribution < 1.29 is 8.42 Å². The first-order chi connectivity index (χ1) is 8.38. The van der Waals surface area contributed by atoms with Crippen LogP contribution in [-0.4, -0.2) is 13.4 Å². The molecule has 1 aromatic carbocycles. The summed E-state index contributed by atoms with van der Waals surface area (Å²) < 4.78 is 27.1. The molecule has 0 aliphatic rings. The van der Waals surface area contributed by atoms with Gasteiger partial charge in [-0.2, -0.15) is 0 Å². The topological polar surface area (TPSA) is 59.1 Å². The first-order valence-electron chi connectivity index (χ1n) is 4.48. The summed E-state index contributed by atoms with van der Waals surface area (Å²) in [6.07, 6.45) is 1.51. The molecule has 2 rings (SSSR count). The Hall–Kier alpha value is -0.340. The van der Waals surface area contributed by atoms with Crippen molar-refractivity contribution in [3.05, 3.63) is 38.2 Å². The van der Waals surface area contributed by atoms with Crippen LogP contribution in [0.5, 0.6) is 0 Å². The maximum absolute atomic E-state index is 12.0. The van der Waals surface area contributed by atoms with Crippen molar-refractivity contribution in [2.24, 2.45) is 0 Å². The van der Waals surface area contributed by atoms with E-state index in [1.54, 1.807) is 0 Å². The van der Waals surface area contributed by atoms with Crippen LogP contribution in [0, 0.1) is 0 Å². The van der Waals surface area contributed by atoms with Crippen LogP contribution in [0.3, 0.4) is 0 Å². The van der Waals surface area contributed by atoms with E-state index in [-0.39, 0.29) is 15.0 Å². The van der Waals surface area contributed by atoms with Gasteiger partial charge in [-0.05, 0) is 34.1 Å². The number of benzene rings is 1. The number of thiazole rings is 1. The number of hydrogen-bond acceptors (Lipinski definition) is 4. The lowest BCUT2D eigenvalue weighted by atomic mass is 10.4. The number of nitrogens with one attached hydrogen (secondary N) is 1. The molecule has 0 saturated heterocycles. The average molecular weight is 388 g/mol. The molecule has 0 aliphatic heterocycles. The van der Waals surface area contributed by atoms with Gasteiger partial charge in [-0.1, -0.05) is 34.5 Å². The van der Waals surface area contributed by atoms with E-state index in [0.29, 0.717) is 5.02 Å². The molecule has 96 valence electrons. The molecule has 2 aromatic rings. The minimum Gasteiger partial charge on any atom is -0.255 e. The number of halogens is 3. The van der Waals surface area contributed by atoms with Gasteiger partial charge < -0.3 is 0 Å². The van der Waals surface area contributed by atoms with Crippen LogP contribution in [0.4, 0.5) is 5.13 Å². The number of hydrogen-bond donors (Lipinski definition) is 1. The Morgan fingerprint density at radius 3 is 2.56 bits per heavy atom. The lowest BCUT2D eigenvalue weighted by Crippen LogP contribution is -2.12. The van der Waals surface area contributed by atoms with Crippen LogP contribution >= 0.6 is 50.5 Å². The number of rotatable bonds is 3. The summed E-state index contributed by atoms with van der Waals surface area (Å²) in [6.45, 7) is 0. The van der Waals surface area contributed by atoms with E-state index in [1.165, 1.54) is 35.7 Å². The molecule has 0 radical (unpaired) electrons. The van der Waals surface area contributed by atoms with Gasteiger partial charge in [0.25, 0.3) is 10.0 Å². The highest BCUT2D eigenvalue weighted by Gasteiger charge is 2.17. The van der Waals surface area contributed by atoms with Gasteiger partial charge in [0.1, 0.15) is 0 Å². The Bertz CT molecular complexity index is 688. The molecule has 0 aliphatic carbocycles. The number of sulfonamides is 1. The van der Waals surface area contributed by atoms with Crippen molar-refractivity contribution >= 4 is 65.6 Å². The molecule has 0 fully saturated rings. The quantitative estimate of drug-likeness (QED) is 0.865. The van der Waals surface area contributed by atoms with Crippen molar-refractivity contribution in [3.63, 3.8) is 0 Å². The fourth-order valence-electron chi connectivity index (χ4n) is 1.12. The second-order valence-electron chi connectivity index (χ2n) is 3.15. The van der Waals surface area contributed by atoms with E-state index in [9.17, 15) is 8.42 Å². The van der Waals surface area contributed by atoms with Crippen LogP contribution in [0.25, 0.3) is 0 Å². The zero-order chi connectivity index (χ0) is 13.3. The Morgan fingerprint density at radius 1 is 1.28 bits per heavy atom. The van der Waals surface area contributed by atoms with Gasteiger partial charge in [0.15, 0.2) is 5.13 Å². The summed E-state index contributed by atoms with van der Waals surface area (Å²) in [5, 5.41) is 0.750. The van der Waals surface area contributed by atoms with E-state index >= 15 is 0 Å². The zero-order valence-electron chi connectivity index (χ0n) is 8.52. The fourth-order valence-corrected chi connectivity index (χ4v) is 3.86. The molecule has 0 unspecified atom stereocenters. The van der Waals surface area contributed by atoms with E-state index in [1.807, 2.05) is 0 Å². The molecule has 9 heteroatoms. The van der Waals surface area contributed by atoms with Crippen molar-refractivity contribution in [2.45, 2.75) is 4.90 Å². The molecule has 0 saturated carbocycles. The van der Waals surface area contributed by atoms with E-state index in [2.05, 4.69) is 25.6 Å². The molecule has 0 amide bonds. The lowest BCUT2D eigenvalue weighted by molar-refractivity contribution is 0.601. The van der Waals surface area contributed by atoms with Gasteiger partial charge in [0.2, 0.25) is 0 Å². The fraction of sp³-hybridized carbons (Fsp3) is 0. The number of aromatic nitrogens is 1. The summed E-state index contributed by atoms with van der Waals surface area (Å²) >= 11 is 15.9. The molecule has 0 atom stereocenters. The summed E-state index contributed by atoms with van der Waals surface area (Å²) in [5.74, 6) is 0. The van der Waals surface area contributed by atoms with Crippen LogP contribution in [-0.2, 0) is 10.0 Å². The van der Waals surface area contributed by atoms with E-state index < -0.39 is 10.0 Å². The minimum absolute atomic E-state index is 0.0308. The predicted octanol–water partition coefficient (Wildman–Crippen LogP) is 4.01. The maximum atomic E-state index is 12.0. The van der Waals surface area contributed by atoms with Gasteiger partial charge in [-0.25, -0.2) is 13.4 Å². The van der Waals surface area contributed by atoms with Gasteiger partial charge >= 0.3 is 0 Å². The van der Waals surface area contributed by atoms with Gasteiger partial charge in [0, 0.05) is 0 Å². The Morgan fingerprint density at radius 2 is 2.00 bits per heavy atom. The lowest BCUT2D eigenvalue weighted by Gasteiger charge is -2.05. The first-order valence-corrected chi connectivity index (χ1v) is 8.32. The van der Waals surface area contributed by atoms with Gasteiger partial charge in [-0.3, -0.25) is 4.72 Å². The molecule has 1 heterocycles. The standard InChI is InChI=1S/C9H5BrCl2N2O2S2/c10-8-4-13-9(17-8)14-18(15,16)5-1-2-6(11)7(12)3-5/h1-4H,(H,13,14). The smallest absolute Gasteiger partial charge is 0.255 e. The highest BCUT2D eigenvalue weighted by molar-refractivity contribution is 9.11. The van der Waals surface area contributed by atoms with Crippen LogP contribution in [0.15, 0.2) is 33.1 Å². The van der Waals surface area contributed by atoms with Crippen molar-refractivity contribution in [2.75, 3.05) is 4.72 Å². The molecule has 0 spiro atoms. The minimum atomic E-state index is -3.71. The van der Waals surface area contributed by atoms with Crippen molar-refractivity contribution in [3.8, 4) is 0 Å². The average Bonchev–Trinajstić information content (AvgIpc) is 2.67. The Labute approximate surface area is 126 Å². The third-order valence-electron chi connectivity index (χ3n) is 1.90. The summed E-state index contributed by atoms with van der Waals surface area (Å²) in [4.78, 5) is 3.92. The molecule has 4 nitrogen and oxygen atoms in total. The van der Waals surface area contributed by atoms with Gasteiger partial charge in [-0.15, -0.1) is 0 Å². The predicted molar refractivity (Wildman–Crippen MR) is 77.1 cm³/mol. The highest BCUT2D eigenvalue weighted by Crippen LogP contribution is 2.28. The zero-order valence-corrected chi connectivity index (χ0v) is 13.3. The Kier molecular flexibility index (Phi) is 4.18. The van der Waals surface area contributed by atoms with Crippen molar-refractivity contribution in [1.29, 1.82) is 0 Å². The summed E-state index contributed by atoms with van der Waals surface area (Å²) in [5.41, 5.74) is 0. The second-order valence-corrected chi connectivity index (χ2v) is 8.06. The van der Waals surface area contributed by atoms with Crippen LogP contribution < -0.4 is 4.72 Å². The molecule has 0 bridgehead atoms. The molecular formula is C9H5BrCl2N2O2S2. The normalized spacial score (nSPS) is 11.5. The summed E-state index contributed by atoms with van der Waals surface area (Å²) in [6, 6.07) is 4.09. The molecule has 1 N–H and O–H groups in total. The summed E-state index contributed by atoms with van der Waals surface area (Å²) in [7, 11) is -3.71. The van der Waals surface area contributed by atoms with Crippen molar-refractivity contribution in [1.82, 2.24) is 4.98 Å². The molecular weight excluding hydrogens is 383 g/mol. The van der Waals surface area contributed by atoms with Crippen LogP contribution in [0.1, 0.15) is 0 Å². The highest BCUT2D eigenvalue weighted by atomic mass is 79.9. The maximum Gasteiger partial charge on any atom is 0.263 e.